The third-order valence-corrected chi connectivity index (χ3v) is 6.23. The maximum atomic E-state index is 12.9. The molecule has 4 aromatic rings. The number of benzene rings is 3. The summed E-state index contributed by atoms with van der Waals surface area (Å²) in [4.78, 5) is 17.8. The number of amides is 1. The molecule has 0 atom stereocenters. The summed E-state index contributed by atoms with van der Waals surface area (Å²) in [6, 6.07) is 23.3. The molecule has 4 nitrogen and oxygen atoms in total. The number of rotatable bonds is 5. The second-order valence-corrected chi connectivity index (χ2v) is 8.32. The lowest BCUT2D eigenvalue weighted by Gasteiger charge is -2.23. The highest BCUT2D eigenvalue weighted by molar-refractivity contribution is 5.86. The highest BCUT2D eigenvalue weighted by atomic mass is 16.2. The molecule has 1 N–H and O–H groups in total. The number of nitrogens with zero attached hydrogens (tertiary/aromatic N) is 2. The van der Waals surface area contributed by atoms with Gasteiger partial charge in [-0.3, -0.25) is 4.79 Å². The molecule has 30 heavy (non-hydrogen) atoms. The van der Waals surface area contributed by atoms with Gasteiger partial charge in [-0.15, -0.1) is 0 Å². The van der Waals surface area contributed by atoms with Gasteiger partial charge in [0, 0.05) is 12.5 Å². The van der Waals surface area contributed by atoms with E-state index in [-0.39, 0.29) is 5.91 Å². The minimum Gasteiger partial charge on any atom is -0.352 e. The van der Waals surface area contributed by atoms with Gasteiger partial charge in [-0.05, 0) is 41.3 Å². The molecule has 3 aromatic carbocycles. The van der Waals surface area contributed by atoms with Crippen LogP contribution in [0.5, 0.6) is 0 Å². The normalized spacial score (nSPS) is 14.9. The first-order valence-corrected chi connectivity index (χ1v) is 11.0. The number of hydrogen-bond donors (Lipinski definition) is 1. The molecule has 1 aliphatic rings. The van der Waals surface area contributed by atoms with Gasteiger partial charge in [0.25, 0.3) is 0 Å². The van der Waals surface area contributed by atoms with Crippen molar-refractivity contribution in [2.24, 2.45) is 0 Å². The topological polar surface area (TPSA) is 46.9 Å². The molecule has 0 radical (unpaired) electrons. The van der Waals surface area contributed by atoms with Crippen molar-refractivity contribution in [1.82, 2.24) is 14.9 Å². The predicted octanol–water partition coefficient (Wildman–Crippen LogP) is 5.23. The molecule has 1 saturated carbocycles. The van der Waals surface area contributed by atoms with Gasteiger partial charge in [0.15, 0.2) is 0 Å². The molecule has 0 spiro atoms. The Balaban J connectivity index is 1.47. The summed E-state index contributed by atoms with van der Waals surface area (Å²) in [6.07, 6.45) is 6.61. The fraction of sp³-hybridized carbons (Fsp3) is 0.308. The second kappa shape index (κ2) is 8.31. The number of carbonyl (C=O) groups is 1. The smallest absolute Gasteiger partial charge is 0.240 e. The van der Waals surface area contributed by atoms with Crippen LogP contribution in [0.3, 0.4) is 0 Å². The van der Waals surface area contributed by atoms with Crippen LogP contribution in [0, 0.1) is 0 Å². The van der Waals surface area contributed by atoms with Crippen molar-refractivity contribution in [3.63, 3.8) is 0 Å². The Labute approximate surface area is 176 Å². The first-order valence-electron chi connectivity index (χ1n) is 11.0. The molecular weight excluding hydrogens is 370 g/mol. The first kappa shape index (κ1) is 18.9. The molecule has 0 saturated heterocycles. The van der Waals surface area contributed by atoms with Gasteiger partial charge in [0.1, 0.15) is 12.4 Å². The van der Waals surface area contributed by atoms with Gasteiger partial charge in [-0.2, -0.15) is 0 Å². The maximum Gasteiger partial charge on any atom is 0.240 e. The number of carbonyl (C=O) groups excluding carboxylic acids is 1. The zero-order valence-corrected chi connectivity index (χ0v) is 17.2. The van der Waals surface area contributed by atoms with E-state index in [0.717, 1.165) is 29.7 Å². The molecule has 0 bridgehead atoms. The monoisotopic (exact) mass is 397 g/mol. The Morgan fingerprint density at radius 1 is 0.933 bits per heavy atom. The summed E-state index contributed by atoms with van der Waals surface area (Å²) in [7, 11) is 0. The van der Waals surface area contributed by atoms with Crippen molar-refractivity contribution in [1.29, 1.82) is 0 Å². The number of imidazole rings is 1. The summed E-state index contributed by atoms with van der Waals surface area (Å²) in [5.74, 6) is 1.02. The van der Waals surface area contributed by atoms with Gasteiger partial charge in [0.2, 0.25) is 5.91 Å². The average molecular weight is 398 g/mol. The Hall–Kier alpha value is -3.14. The SMILES string of the molecule is O=C(Cn1c(Cc2cccc3ccccc23)nc2ccccc21)NC1CCCCC1. The largest absolute Gasteiger partial charge is 0.352 e. The van der Waals surface area contributed by atoms with E-state index in [1.807, 2.05) is 18.2 Å². The van der Waals surface area contributed by atoms with E-state index in [1.54, 1.807) is 0 Å². The fourth-order valence-corrected chi connectivity index (χ4v) is 4.72. The highest BCUT2D eigenvalue weighted by Gasteiger charge is 2.19. The summed E-state index contributed by atoms with van der Waals surface area (Å²) in [5.41, 5.74) is 3.20. The van der Waals surface area contributed by atoms with E-state index < -0.39 is 0 Å². The van der Waals surface area contributed by atoms with E-state index in [4.69, 9.17) is 4.98 Å². The van der Waals surface area contributed by atoms with Crippen LogP contribution in [0.1, 0.15) is 43.5 Å². The summed E-state index contributed by atoms with van der Waals surface area (Å²) < 4.78 is 2.09. The van der Waals surface area contributed by atoms with Crippen LogP contribution >= 0.6 is 0 Å². The van der Waals surface area contributed by atoms with Gasteiger partial charge in [0.05, 0.1) is 11.0 Å². The third-order valence-electron chi connectivity index (χ3n) is 6.23. The van der Waals surface area contributed by atoms with E-state index in [9.17, 15) is 4.79 Å². The number of aromatic nitrogens is 2. The van der Waals surface area contributed by atoms with Crippen molar-refractivity contribution in [3.8, 4) is 0 Å². The average Bonchev–Trinajstić information content (AvgIpc) is 3.11. The molecule has 1 fully saturated rings. The van der Waals surface area contributed by atoms with E-state index in [2.05, 4.69) is 58.4 Å². The molecule has 0 aliphatic heterocycles. The van der Waals surface area contributed by atoms with Gasteiger partial charge < -0.3 is 9.88 Å². The molecule has 1 heterocycles. The Morgan fingerprint density at radius 3 is 2.60 bits per heavy atom. The Kier molecular flexibility index (Phi) is 5.22. The van der Waals surface area contributed by atoms with Crippen molar-refractivity contribution in [2.45, 2.75) is 51.1 Å². The van der Waals surface area contributed by atoms with Crippen LogP contribution in [-0.4, -0.2) is 21.5 Å². The number of para-hydroxylation sites is 2. The second-order valence-electron chi connectivity index (χ2n) is 8.32. The fourth-order valence-electron chi connectivity index (χ4n) is 4.72. The molecule has 1 amide bonds. The molecule has 5 rings (SSSR count). The van der Waals surface area contributed by atoms with E-state index in [1.165, 1.54) is 35.6 Å². The number of fused-ring (bicyclic) bond motifs is 2. The number of nitrogens with one attached hydrogen (secondary N) is 1. The van der Waals surface area contributed by atoms with Crippen LogP contribution in [0.2, 0.25) is 0 Å². The Morgan fingerprint density at radius 2 is 1.70 bits per heavy atom. The molecular formula is C26H27N3O. The lowest BCUT2D eigenvalue weighted by molar-refractivity contribution is -0.122. The summed E-state index contributed by atoms with van der Waals surface area (Å²) in [6.45, 7) is 0.317. The molecule has 1 aromatic heterocycles. The summed E-state index contributed by atoms with van der Waals surface area (Å²) >= 11 is 0. The van der Waals surface area contributed by atoms with Crippen LogP contribution in [-0.2, 0) is 17.8 Å². The van der Waals surface area contributed by atoms with Crippen molar-refractivity contribution in [2.75, 3.05) is 0 Å². The highest BCUT2D eigenvalue weighted by Crippen LogP contribution is 2.24. The van der Waals surface area contributed by atoms with Gasteiger partial charge in [-0.25, -0.2) is 4.98 Å². The zero-order chi connectivity index (χ0) is 20.3. The van der Waals surface area contributed by atoms with Crippen molar-refractivity contribution < 1.29 is 4.79 Å². The molecule has 4 heteroatoms. The standard InChI is InChI=1S/C26H27N3O/c30-26(27-21-12-2-1-3-13-21)18-29-24-16-7-6-15-23(24)28-25(29)17-20-11-8-10-19-9-4-5-14-22(19)20/h4-11,14-16,21H,1-3,12-13,17-18H2,(H,27,30). The van der Waals surface area contributed by atoms with Crippen molar-refractivity contribution >= 4 is 27.7 Å². The van der Waals surface area contributed by atoms with Crippen LogP contribution in [0.15, 0.2) is 66.7 Å². The molecule has 0 unspecified atom stereocenters. The first-order chi connectivity index (χ1) is 14.8. The minimum absolute atomic E-state index is 0.0872. The minimum atomic E-state index is 0.0872. The van der Waals surface area contributed by atoms with E-state index >= 15 is 0 Å². The van der Waals surface area contributed by atoms with Crippen LogP contribution < -0.4 is 5.32 Å². The maximum absolute atomic E-state index is 12.9. The predicted molar refractivity (Wildman–Crippen MR) is 122 cm³/mol. The molecule has 1 aliphatic carbocycles. The van der Waals surface area contributed by atoms with Crippen molar-refractivity contribution in [3.05, 3.63) is 78.1 Å². The van der Waals surface area contributed by atoms with Gasteiger partial charge >= 0.3 is 0 Å². The third kappa shape index (κ3) is 3.82. The lowest BCUT2D eigenvalue weighted by Crippen LogP contribution is -2.38. The number of hydrogen-bond acceptors (Lipinski definition) is 2. The van der Waals surface area contributed by atoms with Gasteiger partial charge in [-0.1, -0.05) is 73.9 Å². The molecule has 152 valence electrons. The van der Waals surface area contributed by atoms with Crippen LogP contribution in [0.25, 0.3) is 21.8 Å². The quantitative estimate of drug-likeness (QED) is 0.501. The zero-order valence-electron chi connectivity index (χ0n) is 17.2. The Bertz CT molecular complexity index is 1180. The summed E-state index contributed by atoms with van der Waals surface area (Å²) in [5, 5.41) is 5.73. The van der Waals surface area contributed by atoms with Crippen LogP contribution in [0.4, 0.5) is 0 Å². The van der Waals surface area contributed by atoms with E-state index in [0.29, 0.717) is 19.0 Å². The lowest BCUT2D eigenvalue weighted by atomic mass is 9.95.